The van der Waals surface area contributed by atoms with Crippen molar-refractivity contribution in [2.45, 2.75) is 44.8 Å². The number of hydrogen-bond donors (Lipinski definition) is 2. The number of carbonyl (C=O) groups excluding carboxylic acids is 1. The highest BCUT2D eigenvalue weighted by molar-refractivity contribution is 5.92. The molecule has 1 aliphatic carbocycles. The molecule has 0 spiro atoms. The summed E-state index contributed by atoms with van der Waals surface area (Å²) in [5, 5.41) is 7.13. The first-order chi connectivity index (χ1) is 11.6. The first kappa shape index (κ1) is 19.1. The van der Waals surface area contributed by atoms with E-state index in [1.165, 1.54) is 16.8 Å². The molecule has 6 nitrogen and oxygen atoms in total. The minimum atomic E-state index is -0.298. The lowest BCUT2D eigenvalue weighted by molar-refractivity contribution is 0.0925. The van der Waals surface area contributed by atoms with Gasteiger partial charge in [-0.25, -0.2) is 4.68 Å². The molecular weight excluding hydrogens is 340 g/mol. The van der Waals surface area contributed by atoms with E-state index in [2.05, 4.69) is 10.4 Å². The van der Waals surface area contributed by atoms with Gasteiger partial charge in [0.1, 0.15) is 5.69 Å². The summed E-state index contributed by atoms with van der Waals surface area (Å²) in [4.78, 5) is 24.3. The van der Waals surface area contributed by atoms with Crippen LogP contribution in [0.2, 0.25) is 0 Å². The quantitative estimate of drug-likeness (QED) is 0.848. The standard InChI is InChI=1S/C18H22N4O2.ClH/c1-2-3-10-22-16(23)9-8-14(21-22)18(24)20-15-11-12-6-4-5-7-13(12)17(15)19;/h4-9,15,17H,2-3,10-11,19H2,1H3,(H,20,24);1H/t15-,17-;/m1./s1. The van der Waals surface area contributed by atoms with Gasteiger partial charge in [-0.2, -0.15) is 5.10 Å². The second-order valence-electron chi connectivity index (χ2n) is 6.14. The molecule has 0 unspecified atom stereocenters. The normalized spacial score (nSPS) is 18.3. The molecule has 0 fully saturated rings. The Kier molecular flexibility index (Phi) is 6.33. The second kappa shape index (κ2) is 8.27. The average Bonchev–Trinajstić information content (AvgIpc) is 2.90. The van der Waals surface area contributed by atoms with Gasteiger partial charge < -0.3 is 11.1 Å². The summed E-state index contributed by atoms with van der Waals surface area (Å²) >= 11 is 0. The van der Waals surface area contributed by atoms with Gasteiger partial charge >= 0.3 is 0 Å². The summed E-state index contributed by atoms with van der Waals surface area (Å²) in [6, 6.07) is 10.4. The number of rotatable bonds is 5. The van der Waals surface area contributed by atoms with E-state index in [-0.39, 0.29) is 41.7 Å². The Hall–Kier alpha value is -2.18. The number of nitrogens with two attached hydrogens (primary N) is 1. The molecule has 0 saturated carbocycles. The third-order valence-corrected chi connectivity index (χ3v) is 4.43. The van der Waals surface area contributed by atoms with Crippen LogP contribution < -0.4 is 16.6 Å². The Balaban J connectivity index is 0.00000225. The molecule has 1 aliphatic rings. The van der Waals surface area contributed by atoms with Crippen molar-refractivity contribution in [3.05, 3.63) is 63.6 Å². The molecule has 0 bridgehead atoms. The van der Waals surface area contributed by atoms with E-state index in [9.17, 15) is 9.59 Å². The van der Waals surface area contributed by atoms with Gasteiger partial charge in [0.05, 0.1) is 12.1 Å². The van der Waals surface area contributed by atoms with Gasteiger partial charge in [0, 0.05) is 12.6 Å². The van der Waals surface area contributed by atoms with Gasteiger partial charge in [0.2, 0.25) is 0 Å². The molecule has 1 heterocycles. The number of hydrogen-bond acceptors (Lipinski definition) is 4. The topological polar surface area (TPSA) is 90.0 Å². The number of fused-ring (bicyclic) bond motifs is 1. The summed E-state index contributed by atoms with van der Waals surface area (Å²) in [7, 11) is 0. The van der Waals surface area contributed by atoms with Crippen LogP contribution in [0, 0.1) is 0 Å². The predicted molar refractivity (Wildman–Crippen MR) is 99.0 cm³/mol. The summed E-state index contributed by atoms with van der Waals surface area (Å²) in [5.74, 6) is -0.298. The van der Waals surface area contributed by atoms with Crippen molar-refractivity contribution in [1.29, 1.82) is 0 Å². The highest BCUT2D eigenvalue weighted by Crippen LogP contribution is 2.29. The molecule has 25 heavy (non-hydrogen) atoms. The predicted octanol–water partition coefficient (Wildman–Crippen LogP) is 1.82. The number of unbranched alkanes of at least 4 members (excludes halogenated alkanes) is 1. The van der Waals surface area contributed by atoms with Gasteiger partial charge in [0.25, 0.3) is 11.5 Å². The van der Waals surface area contributed by atoms with E-state index in [0.717, 1.165) is 24.0 Å². The van der Waals surface area contributed by atoms with Crippen LogP contribution in [0.25, 0.3) is 0 Å². The molecule has 3 N–H and O–H groups in total. The Morgan fingerprint density at radius 1 is 1.32 bits per heavy atom. The van der Waals surface area contributed by atoms with Crippen molar-refractivity contribution in [3.63, 3.8) is 0 Å². The fourth-order valence-electron chi connectivity index (χ4n) is 3.05. The highest BCUT2D eigenvalue weighted by atomic mass is 35.5. The van der Waals surface area contributed by atoms with Crippen LogP contribution >= 0.6 is 12.4 Å². The molecule has 134 valence electrons. The van der Waals surface area contributed by atoms with E-state index in [1.807, 2.05) is 31.2 Å². The van der Waals surface area contributed by atoms with Crippen molar-refractivity contribution in [2.24, 2.45) is 5.73 Å². The zero-order chi connectivity index (χ0) is 17.1. The molecule has 0 saturated heterocycles. The van der Waals surface area contributed by atoms with Crippen molar-refractivity contribution < 1.29 is 4.79 Å². The monoisotopic (exact) mass is 362 g/mol. The highest BCUT2D eigenvalue weighted by Gasteiger charge is 2.30. The van der Waals surface area contributed by atoms with Crippen molar-refractivity contribution >= 4 is 18.3 Å². The van der Waals surface area contributed by atoms with Gasteiger partial charge in [-0.05, 0) is 30.0 Å². The smallest absolute Gasteiger partial charge is 0.272 e. The Labute approximate surface area is 152 Å². The Morgan fingerprint density at radius 2 is 2.08 bits per heavy atom. The molecule has 1 aromatic heterocycles. The number of halogens is 1. The van der Waals surface area contributed by atoms with Crippen LogP contribution in [0.15, 0.2) is 41.2 Å². The van der Waals surface area contributed by atoms with Crippen LogP contribution in [0.5, 0.6) is 0 Å². The number of amides is 1. The molecule has 3 rings (SSSR count). The molecule has 2 atom stereocenters. The minimum Gasteiger partial charge on any atom is -0.346 e. The first-order valence-electron chi connectivity index (χ1n) is 8.32. The maximum Gasteiger partial charge on any atom is 0.272 e. The van der Waals surface area contributed by atoms with Gasteiger partial charge in [-0.1, -0.05) is 37.6 Å². The van der Waals surface area contributed by atoms with Gasteiger partial charge in [0.15, 0.2) is 0 Å². The average molecular weight is 363 g/mol. The minimum absolute atomic E-state index is 0. The van der Waals surface area contributed by atoms with E-state index in [4.69, 9.17) is 5.73 Å². The van der Waals surface area contributed by atoms with E-state index >= 15 is 0 Å². The summed E-state index contributed by atoms with van der Waals surface area (Å²) < 4.78 is 1.35. The lowest BCUT2D eigenvalue weighted by Gasteiger charge is -2.17. The summed E-state index contributed by atoms with van der Waals surface area (Å²) in [6.45, 7) is 2.56. The van der Waals surface area contributed by atoms with E-state index < -0.39 is 0 Å². The molecule has 1 aromatic carbocycles. The van der Waals surface area contributed by atoms with E-state index in [1.54, 1.807) is 0 Å². The van der Waals surface area contributed by atoms with Crippen LogP contribution in [-0.2, 0) is 13.0 Å². The van der Waals surface area contributed by atoms with E-state index in [0.29, 0.717) is 13.0 Å². The number of nitrogens with one attached hydrogen (secondary N) is 1. The number of aromatic nitrogens is 2. The maximum atomic E-state index is 12.5. The Bertz CT molecular complexity index is 806. The fraction of sp³-hybridized carbons (Fsp3) is 0.389. The third-order valence-electron chi connectivity index (χ3n) is 4.43. The third kappa shape index (κ3) is 4.08. The van der Waals surface area contributed by atoms with Gasteiger partial charge in [-0.3, -0.25) is 9.59 Å². The molecule has 2 aromatic rings. The lowest BCUT2D eigenvalue weighted by atomic mass is 10.1. The second-order valence-corrected chi connectivity index (χ2v) is 6.14. The molecule has 1 amide bonds. The SMILES string of the molecule is CCCCn1nc(C(=O)N[C@@H]2Cc3ccccc3[C@H]2N)ccc1=O.Cl. The zero-order valence-electron chi connectivity index (χ0n) is 14.1. The van der Waals surface area contributed by atoms with Gasteiger partial charge in [-0.15, -0.1) is 12.4 Å². The zero-order valence-corrected chi connectivity index (χ0v) is 15.0. The van der Waals surface area contributed by atoms with Crippen molar-refractivity contribution in [2.75, 3.05) is 0 Å². The summed E-state index contributed by atoms with van der Waals surface area (Å²) in [6.07, 6.45) is 2.51. The van der Waals surface area contributed by atoms with Crippen LogP contribution in [0.1, 0.15) is 47.4 Å². The fourth-order valence-corrected chi connectivity index (χ4v) is 3.05. The van der Waals surface area contributed by atoms with Crippen LogP contribution in [0.3, 0.4) is 0 Å². The Morgan fingerprint density at radius 3 is 2.80 bits per heavy atom. The first-order valence-corrected chi connectivity index (χ1v) is 8.32. The number of carbonyl (C=O) groups is 1. The number of aryl methyl sites for hydroxylation is 1. The molecule has 0 radical (unpaired) electrons. The van der Waals surface area contributed by atoms with Crippen molar-refractivity contribution in [3.8, 4) is 0 Å². The van der Waals surface area contributed by atoms with Crippen LogP contribution in [-0.4, -0.2) is 21.7 Å². The number of benzene rings is 1. The summed E-state index contributed by atoms with van der Waals surface area (Å²) in [5.41, 5.74) is 8.54. The largest absolute Gasteiger partial charge is 0.346 e. The maximum absolute atomic E-state index is 12.5. The molecule has 7 heteroatoms. The molecule has 0 aliphatic heterocycles. The van der Waals surface area contributed by atoms with Crippen LogP contribution in [0.4, 0.5) is 0 Å². The van der Waals surface area contributed by atoms with Crippen molar-refractivity contribution in [1.82, 2.24) is 15.1 Å². The number of nitrogens with zero attached hydrogens (tertiary/aromatic N) is 2. The lowest BCUT2D eigenvalue weighted by Crippen LogP contribution is -2.41. The molecular formula is C18H23ClN4O2.